The Labute approximate surface area is 111 Å². The van der Waals surface area contributed by atoms with Crippen LogP contribution in [0.4, 0.5) is 24.8 Å². The minimum Gasteiger partial charge on any atom is -0.388 e. The van der Waals surface area contributed by atoms with Gasteiger partial charge in [0.05, 0.1) is 0 Å². The second kappa shape index (κ2) is 5.19. The monoisotopic (exact) mass is 284 g/mol. The van der Waals surface area contributed by atoms with Crippen LogP contribution in [0.2, 0.25) is 0 Å². The molecule has 1 heterocycles. The van der Waals surface area contributed by atoms with Crippen LogP contribution in [0.15, 0.2) is 24.4 Å². The first-order valence-corrected chi connectivity index (χ1v) is 5.42. The molecule has 0 aliphatic heterocycles. The predicted molar refractivity (Wildman–Crippen MR) is 67.5 cm³/mol. The fraction of sp³-hybridized carbons (Fsp3) is 0. The molecule has 0 unspecified atom stereocenters. The van der Waals surface area contributed by atoms with Crippen molar-refractivity contribution in [2.75, 3.05) is 5.32 Å². The molecule has 0 aliphatic rings. The molecule has 0 saturated heterocycles. The number of benzene rings is 1. The number of aromatic nitrogens is 2. The number of nitrogens with one attached hydrogen (secondary N) is 1. The summed E-state index contributed by atoms with van der Waals surface area (Å²) in [6, 6.07) is 2.54. The van der Waals surface area contributed by atoms with E-state index >= 15 is 0 Å². The van der Waals surface area contributed by atoms with Crippen molar-refractivity contribution < 1.29 is 13.2 Å². The third-order valence-corrected chi connectivity index (χ3v) is 2.36. The highest BCUT2D eigenvalue weighted by Gasteiger charge is 2.13. The third kappa shape index (κ3) is 2.97. The lowest BCUT2D eigenvalue weighted by Gasteiger charge is -2.08. The lowest BCUT2D eigenvalue weighted by molar-refractivity contribution is 0.548. The number of hydrogen-bond donors (Lipinski definition) is 2. The number of halogens is 3. The van der Waals surface area contributed by atoms with Crippen molar-refractivity contribution >= 4 is 28.8 Å². The zero-order valence-corrected chi connectivity index (χ0v) is 10.1. The van der Waals surface area contributed by atoms with E-state index in [0.29, 0.717) is 12.1 Å². The molecule has 2 rings (SSSR count). The standard InChI is InChI=1S/C11H7F3N4S/c12-5-3-6(13)9(7(14)4-5)18-11-16-2-1-8(17-11)10(15)19/h1-4H,(H2,15,19)(H,16,17,18). The van der Waals surface area contributed by atoms with Crippen LogP contribution >= 0.6 is 12.2 Å². The van der Waals surface area contributed by atoms with Gasteiger partial charge in [0.1, 0.15) is 22.2 Å². The average Bonchev–Trinajstić information content (AvgIpc) is 2.34. The van der Waals surface area contributed by atoms with Gasteiger partial charge in [-0.25, -0.2) is 23.1 Å². The van der Waals surface area contributed by atoms with E-state index in [1.165, 1.54) is 12.3 Å². The fourth-order valence-electron chi connectivity index (χ4n) is 1.33. The van der Waals surface area contributed by atoms with E-state index in [1.807, 2.05) is 0 Å². The highest BCUT2D eigenvalue weighted by atomic mass is 32.1. The molecule has 4 nitrogen and oxygen atoms in total. The van der Waals surface area contributed by atoms with Gasteiger partial charge in [0.25, 0.3) is 0 Å². The average molecular weight is 284 g/mol. The summed E-state index contributed by atoms with van der Waals surface area (Å²) in [5.74, 6) is -3.31. The highest BCUT2D eigenvalue weighted by Crippen LogP contribution is 2.22. The summed E-state index contributed by atoms with van der Waals surface area (Å²) in [6.45, 7) is 0. The van der Waals surface area contributed by atoms with Crippen molar-refractivity contribution in [1.29, 1.82) is 0 Å². The van der Waals surface area contributed by atoms with E-state index in [4.69, 9.17) is 18.0 Å². The number of nitrogens with two attached hydrogens (primary N) is 1. The van der Waals surface area contributed by atoms with Gasteiger partial charge in [0.15, 0.2) is 11.6 Å². The first kappa shape index (κ1) is 13.2. The summed E-state index contributed by atoms with van der Waals surface area (Å²) >= 11 is 4.72. The van der Waals surface area contributed by atoms with E-state index < -0.39 is 23.1 Å². The van der Waals surface area contributed by atoms with Crippen molar-refractivity contribution in [3.8, 4) is 0 Å². The Kier molecular flexibility index (Phi) is 3.61. The van der Waals surface area contributed by atoms with E-state index in [0.717, 1.165) is 0 Å². The lowest BCUT2D eigenvalue weighted by atomic mass is 10.3. The van der Waals surface area contributed by atoms with E-state index in [1.54, 1.807) is 0 Å². The van der Waals surface area contributed by atoms with Crippen LogP contribution in [0.1, 0.15) is 5.69 Å². The van der Waals surface area contributed by atoms with Gasteiger partial charge >= 0.3 is 0 Å². The summed E-state index contributed by atoms with van der Waals surface area (Å²) in [5.41, 5.74) is 5.06. The van der Waals surface area contributed by atoms with Crippen molar-refractivity contribution in [1.82, 2.24) is 9.97 Å². The number of thiocarbonyl (C=S) groups is 1. The van der Waals surface area contributed by atoms with Crippen molar-refractivity contribution in [3.05, 3.63) is 47.5 Å². The Morgan fingerprint density at radius 3 is 2.42 bits per heavy atom. The van der Waals surface area contributed by atoms with Gasteiger partial charge in [-0.2, -0.15) is 0 Å². The fourth-order valence-corrected chi connectivity index (χ4v) is 1.44. The van der Waals surface area contributed by atoms with E-state index in [2.05, 4.69) is 15.3 Å². The molecule has 0 aliphatic carbocycles. The molecule has 1 aromatic heterocycles. The molecule has 0 atom stereocenters. The zero-order chi connectivity index (χ0) is 14.0. The molecular formula is C11H7F3N4S. The molecule has 0 saturated carbocycles. The maximum atomic E-state index is 13.4. The zero-order valence-electron chi connectivity index (χ0n) is 9.32. The van der Waals surface area contributed by atoms with Gasteiger partial charge in [-0.15, -0.1) is 0 Å². The van der Waals surface area contributed by atoms with Gasteiger partial charge in [0, 0.05) is 18.3 Å². The molecular weight excluding hydrogens is 277 g/mol. The van der Waals surface area contributed by atoms with Crippen LogP contribution in [0, 0.1) is 17.5 Å². The lowest BCUT2D eigenvalue weighted by Crippen LogP contribution is -2.13. The second-order valence-corrected chi connectivity index (χ2v) is 3.94. The maximum Gasteiger partial charge on any atom is 0.227 e. The highest BCUT2D eigenvalue weighted by molar-refractivity contribution is 7.80. The van der Waals surface area contributed by atoms with Crippen LogP contribution < -0.4 is 11.1 Å². The molecule has 0 radical (unpaired) electrons. The molecule has 0 fully saturated rings. The molecule has 0 bridgehead atoms. The number of rotatable bonds is 3. The number of nitrogens with zero attached hydrogens (tertiary/aromatic N) is 2. The quantitative estimate of drug-likeness (QED) is 0.847. The maximum absolute atomic E-state index is 13.4. The van der Waals surface area contributed by atoms with Crippen molar-refractivity contribution in [2.24, 2.45) is 5.73 Å². The first-order valence-electron chi connectivity index (χ1n) is 5.02. The van der Waals surface area contributed by atoms with Crippen LogP contribution in [-0.4, -0.2) is 15.0 Å². The Hall–Kier alpha value is -2.22. The van der Waals surface area contributed by atoms with Crippen LogP contribution in [0.3, 0.4) is 0 Å². The molecule has 0 spiro atoms. The Balaban J connectivity index is 2.36. The van der Waals surface area contributed by atoms with Gasteiger partial charge < -0.3 is 11.1 Å². The molecule has 1 aromatic carbocycles. The number of hydrogen-bond acceptors (Lipinski definition) is 4. The SMILES string of the molecule is NC(=S)c1ccnc(Nc2c(F)cc(F)cc2F)n1. The van der Waals surface area contributed by atoms with Crippen LogP contribution in [0.25, 0.3) is 0 Å². The van der Waals surface area contributed by atoms with Crippen molar-refractivity contribution in [3.63, 3.8) is 0 Å². The van der Waals surface area contributed by atoms with Gasteiger partial charge in [-0.05, 0) is 6.07 Å². The molecule has 98 valence electrons. The third-order valence-electron chi connectivity index (χ3n) is 2.15. The van der Waals surface area contributed by atoms with E-state index in [-0.39, 0.29) is 16.6 Å². The minimum absolute atomic E-state index is 0.0190. The topological polar surface area (TPSA) is 63.8 Å². The number of anilines is 2. The molecule has 0 amide bonds. The Morgan fingerprint density at radius 1 is 1.21 bits per heavy atom. The van der Waals surface area contributed by atoms with Crippen molar-refractivity contribution in [2.45, 2.75) is 0 Å². The summed E-state index contributed by atoms with van der Waals surface area (Å²) in [7, 11) is 0. The predicted octanol–water partition coefficient (Wildman–Crippen LogP) is 2.27. The van der Waals surface area contributed by atoms with Gasteiger partial charge in [-0.1, -0.05) is 12.2 Å². The molecule has 8 heteroatoms. The Morgan fingerprint density at radius 2 is 1.84 bits per heavy atom. The first-order chi connectivity index (χ1) is 8.97. The van der Waals surface area contributed by atoms with E-state index in [9.17, 15) is 13.2 Å². The molecule has 19 heavy (non-hydrogen) atoms. The molecule has 2 aromatic rings. The largest absolute Gasteiger partial charge is 0.388 e. The molecule has 3 N–H and O–H groups in total. The van der Waals surface area contributed by atoms with Crippen LogP contribution in [0.5, 0.6) is 0 Å². The summed E-state index contributed by atoms with van der Waals surface area (Å²) in [4.78, 5) is 7.63. The Bertz CT molecular complexity index is 625. The van der Waals surface area contributed by atoms with Gasteiger partial charge in [-0.3, -0.25) is 0 Å². The van der Waals surface area contributed by atoms with Gasteiger partial charge in [0.2, 0.25) is 5.95 Å². The minimum atomic E-state index is -1.10. The summed E-state index contributed by atoms with van der Waals surface area (Å²) < 4.78 is 39.6. The second-order valence-electron chi connectivity index (χ2n) is 3.50. The summed E-state index contributed by atoms with van der Waals surface area (Å²) in [5, 5.41) is 2.31. The smallest absolute Gasteiger partial charge is 0.227 e. The normalized spacial score (nSPS) is 10.3. The summed E-state index contributed by atoms with van der Waals surface area (Å²) in [6.07, 6.45) is 1.32. The van der Waals surface area contributed by atoms with Crippen LogP contribution in [-0.2, 0) is 0 Å².